The highest BCUT2D eigenvalue weighted by molar-refractivity contribution is 8.00. The van der Waals surface area contributed by atoms with Gasteiger partial charge in [0.25, 0.3) is 0 Å². The molecule has 0 aliphatic carbocycles. The zero-order chi connectivity index (χ0) is 16.9. The Morgan fingerprint density at radius 1 is 0.667 bits per heavy atom. The van der Waals surface area contributed by atoms with Crippen LogP contribution in [0.25, 0.3) is 0 Å². The molecule has 1 heterocycles. The lowest BCUT2D eigenvalue weighted by molar-refractivity contribution is 0.829. The van der Waals surface area contributed by atoms with Crippen molar-refractivity contribution in [3.63, 3.8) is 0 Å². The Labute approximate surface area is 155 Å². The molecule has 0 aliphatic heterocycles. The minimum absolute atomic E-state index is 0.792. The number of benzene rings is 2. The van der Waals surface area contributed by atoms with E-state index in [1.165, 1.54) is 16.0 Å². The quantitative estimate of drug-likeness (QED) is 0.306. The summed E-state index contributed by atoms with van der Waals surface area (Å²) in [5.74, 6) is 0. The van der Waals surface area contributed by atoms with E-state index in [1.807, 2.05) is 12.3 Å². The van der Waals surface area contributed by atoms with E-state index in [1.54, 1.807) is 35.3 Å². The topological polar surface area (TPSA) is 25.8 Å². The van der Waals surface area contributed by atoms with Crippen LogP contribution in [0, 0.1) is 13.8 Å². The van der Waals surface area contributed by atoms with E-state index >= 15 is 0 Å². The monoisotopic (exact) mass is 370 g/mol. The average molecular weight is 371 g/mol. The first-order valence-electron chi connectivity index (χ1n) is 7.54. The molecular weight excluding hydrogens is 352 g/mol. The lowest BCUT2D eigenvalue weighted by Crippen LogP contribution is -1.91. The Hall–Kier alpha value is -1.43. The molecule has 122 valence electrons. The Morgan fingerprint density at radius 2 is 1.17 bits per heavy atom. The van der Waals surface area contributed by atoms with Crippen LogP contribution in [0.4, 0.5) is 0 Å². The number of nitrogens with zero attached hydrogens (tertiary/aromatic N) is 2. The summed E-state index contributed by atoms with van der Waals surface area (Å²) in [5.41, 5.74) is 2.52. The summed E-state index contributed by atoms with van der Waals surface area (Å²) >= 11 is 4.92. The van der Waals surface area contributed by atoms with Crippen LogP contribution in [0.5, 0.6) is 0 Å². The second kappa shape index (κ2) is 8.10. The molecule has 0 amide bonds. The molecule has 1 aromatic heterocycles. The molecular formula is C19H18N2S3. The van der Waals surface area contributed by atoms with Crippen molar-refractivity contribution in [2.24, 2.45) is 0 Å². The van der Waals surface area contributed by atoms with Gasteiger partial charge in [-0.1, -0.05) is 47.2 Å². The van der Waals surface area contributed by atoms with E-state index in [4.69, 9.17) is 4.98 Å². The third-order valence-electron chi connectivity index (χ3n) is 3.34. The van der Waals surface area contributed by atoms with Crippen molar-refractivity contribution < 1.29 is 0 Å². The molecule has 3 rings (SSSR count). The maximum absolute atomic E-state index is 4.72. The first-order valence-corrected chi connectivity index (χ1v) is 10.4. The fourth-order valence-corrected chi connectivity index (χ4v) is 4.21. The Bertz CT molecular complexity index is 749. The third-order valence-corrected chi connectivity index (χ3v) is 5.77. The van der Waals surface area contributed by atoms with Gasteiger partial charge in [-0.25, -0.2) is 9.97 Å². The molecule has 0 atom stereocenters. The summed E-state index contributed by atoms with van der Waals surface area (Å²) in [5, 5.41) is 2.77. The summed E-state index contributed by atoms with van der Waals surface area (Å²) in [6, 6.07) is 19.0. The van der Waals surface area contributed by atoms with Gasteiger partial charge < -0.3 is 0 Å². The highest BCUT2D eigenvalue weighted by Crippen LogP contribution is 2.32. The molecule has 0 fully saturated rings. The van der Waals surface area contributed by atoms with Crippen LogP contribution in [0.15, 0.2) is 79.6 Å². The summed E-state index contributed by atoms with van der Waals surface area (Å²) in [6.45, 7) is 4.19. The molecule has 0 spiro atoms. The molecule has 0 bridgehead atoms. The average Bonchev–Trinajstić information content (AvgIpc) is 2.59. The van der Waals surface area contributed by atoms with Crippen molar-refractivity contribution in [3.05, 3.63) is 65.7 Å². The van der Waals surface area contributed by atoms with Crippen molar-refractivity contribution in [2.75, 3.05) is 6.26 Å². The number of hydrogen-bond acceptors (Lipinski definition) is 5. The van der Waals surface area contributed by atoms with E-state index < -0.39 is 0 Å². The largest absolute Gasteiger partial charge is 0.216 e. The summed E-state index contributed by atoms with van der Waals surface area (Å²) in [6.07, 6.45) is 2.04. The van der Waals surface area contributed by atoms with Crippen LogP contribution in [-0.2, 0) is 0 Å². The van der Waals surface area contributed by atoms with Gasteiger partial charge in [0.15, 0.2) is 5.16 Å². The SMILES string of the molecule is CSc1cc(Sc2ccc(C)cc2)nc(Sc2ccc(C)cc2)n1. The minimum Gasteiger partial charge on any atom is -0.216 e. The predicted octanol–water partition coefficient (Wildman–Crippen LogP) is 6.12. The summed E-state index contributed by atoms with van der Waals surface area (Å²) in [7, 11) is 0. The van der Waals surface area contributed by atoms with E-state index in [0.717, 1.165) is 20.1 Å². The standard InChI is InChI=1S/C19H18N2S3/c1-13-4-8-15(9-5-13)23-18-12-17(22-3)20-19(21-18)24-16-10-6-14(2)7-11-16/h4-12H,1-3H3. The van der Waals surface area contributed by atoms with Gasteiger partial charge in [-0.2, -0.15) is 0 Å². The molecule has 5 heteroatoms. The molecule has 0 aliphatic rings. The van der Waals surface area contributed by atoms with Crippen LogP contribution in [-0.4, -0.2) is 16.2 Å². The minimum atomic E-state index is 0.792. The summed E-state index contributed by atoms with van der Waals surface area (Å²) in [4.78, 5) is 11.7. The highest BCUT2D eigenvalue weighted by atomic mass is 32.2. The van der Waals surface area contributed by atoms with Crippen molar-refractivity contribution in [1.82, 2.24) is 9.97 Å². The van der Waals surface area contributed by atoms with Crippen molar-refractivity contribution in [3.8, 4) is 0 Å². The zero-order valence-corrected chi connectivity index (χ0v) is 16.3. The molecule has 0 N–H and O–H groups in total. The molecule has 0 saturated heterocycles. The molecule has 0 unspecified atom stereocenters. The van der Waals surface area contributed by atoms with Crippen LogP contribution in [0.1, 0.15) is 11.1 Å². The first-order chi connectivity index (χ1) is 11.6. The maximum Gasteiger partial charge on any atom is 0.194 e. The zero-order valence-electron chi connectivity index (χ0n) is 13.8. The second-order valence-corrected chi connectivity index (χ2v) is 8.32. The Morgan fingerprint density at radius 3 is 1.71 bits per heavy atom. The summed E-state index contributed by atoms with van der Waals surface area (Å²) < 4.78 is 0. The fraction of sp³-hybridized carbons (Fsp3) is 0.158. The van der Waals surface area contributed by atoms with Gasteiger partial charge in [0.05, 0.1) is 0 Å². The van der Waals surface area contributed by atoms with Gasteiger partial charge in [0.2, 0.25) is 0 Å². The fourth-order valence-electron chi connectivity index (χ4n) is 2.02. The van der Waals surface area contributed by atoms with Crippen LogP contribution >= 0.6 is 35.3 Å². The highest BCUT2D eigenvalue weighted by Gasteiger charge is 2.08. The Balaban J connectivity index is 1.84. The van der Waals surface area contributed by atoms with E-state index in [9.17, 15) is 0 Å². The number of thioether (sulfide) groups is 1. The van der Waals surface area contributed by atoms with Gasteiger partial charge in [0, 0.05) is 15.9 Å². The molecule has 3 aromatic rings. The van der Waals surface area contributed by atoms with E-state index in [2.05, 4.69) is 67.4 Å². The van der Waals surface area contributed by atoms with Gasteiger partial charge in [-0.05, 0) is 56.1 Å². The molecule has 24 heavy (non-hydrogen) atoms. The van der Waals surface area contributed by atoms with E-state index in [0.29, 0.717) is 0 Å². The molecule has 2 aromatic carbocycles. The number of hydrogen-bond donors (Lipinski definition) is 0. The molecule has 0 radical (unpaired) electrons. The van der Waals surface area contributed by atoms with Gasteiger partial charge in [-0.15, -0.1) is 11.8 Å². The van der Waals surface area contributed by atoms with Crippen LogP contribution < -0.4 is 0 Å². The van der Waals surface area contributed by atoms with Gasteiger partial charge in [0.1, 0.15) is 10.1 Å². The number of aromatic nitrogens is 2. The normalized spacial score (nSPS) is 10.8. The second-order valence-electron chi connectivity index (χ2n) is 5.36. The lowest BCUT2D eigenvalue weighted by Gasteiger charge is -2.07. The molecule has 2 nitrogen and oxygen atoms in total. The predicted molar refractivity (Wildman–Crippen MR) is 104 cm³/mol. The van der Waals surface area contributed by atoms with Crippen molar-refractivity contribution in [2.45, 2.75) is 38.8 Å². The van der Waals surface area contributed by atoms with Gasteiger partial charge in [-0.3, -0.25) is 0 Å². The Kier molecular flexibility index (Phi) is 5.87. The van der Waals surface area contributed by atoms with Crippen molar-refractivity contribution in [1.29, 1.82) is 0 Å². The van der Waals surface area contributed by atoms with Gasteiger partial charge >= 0.3 is 0 Å². The third kappa shape index (κ3) is 4.79. The van der Waals surface area contributed by atoms with E-state index in [-0.39, 0.29) is 0 Å². The first kappa shape index (κ1) is 17.4. The van der Waals surface area contributed by atoms with Crippen LogP contribution in [0.2, 0.25) is 0 Å². The van der Waals surface area contributed by atoms with Crippen LogP contribution in [0.3, 0.4) is 0 Å². The smallest absolute Gasteiger partial charge is 0.194 e. The van der Waals surface area contributed by atoms with Crippen molar-refractivity contribution >= 4 is 35.3 Å². The lowest BCUT2D eigenvalue weighted by atomic mass is 10.2. The maximum atomic E-state index is 4.72. The number of aryl methyl sites for hydroxylation is 2. The molecule has 0 saturated carbocycles. The number of rotatable bonds is 5.